The van der Waals surface area contributed by atoms with Crippen LogP contribution in [-0.2, 0) is 0 Å². The Morgan fingerprint density at radius 3 is 2.22 bits per heavy atom. The van der Waals surface area contributed by atoms with E-state index in [0.29, 0.717) is 18.0 Å². The van der Waals surface area contributed by atoms with Gasteiger partial charge < -0.3 is 5.32 Å². The van der Waals surface area contributed by atoms with E-state index in [0.717, 1.165) is 0 Å². The van der Waals surface area contributed by atoms with Gasteiger partial charge in [-0.2, -0.15) is 0 Å². The van der Waals surface area contributed by atoms with Gasteiger partial charge >= 0.3 is 0 Å². The maximum Gasteiger partial charge on any atom is 0.0345 e. The van der Waals surface area contributed by atoms with Crippen molar-refractivity contribution in [2.24, 2.45) is 5.92 Å². The van der Waals surface area contributed by atoms with Crippen molar-refractivity contribution in [1.29, 1.82) is 0 Å². The average molecular weight is 247 g/mol. The summed E-state index contributed by atoms with van der Waals surface area (Å²) in [6.45, 7) is 9.16. The van der Waals surface area contributed by atoms with Crippen LogP contribution in [0, 0.1) is 5.92 Å². The lowest BCUT2D eigenvalue weighted by molar-refractivity contribution is 0.336. The molecule has 0 saturated heterocycles. The zero-order valence-electron chi connectivity index (χ0n) is 12.4. The van der Waals surface area contributed by atoms with E-state index in [2.05, 4.69) is 63.3 Å². The molecule has 0 radical (unpaired) electrons. The van der Waals surface area contributed by atoms with Gasteiger partial charge in [-0.3, -0.25) is 0 Å². The summed E-state index contributed by atoms with van der Waals surface area (Å²) < 4.78 is 0. The number of nitrogens with one attached hydrogen (secondary N) is 1. The van der Waals surface area contributed by atoms with Gasteiger partial charge in [-0.15, -0.1) is 0 Å². The first kappa shape index (κ1) is 15.2. The van der Waals surface area contributed by atoms with Crippen molar-refractivity contribution < 1.29 is 0 Å². The molecule has 0 aliphatic carbocycles. The van der Waals surface area contributed by atoms with Crippen molar-refractivity contribution in [3.05, 3.63) is 35.9 Å². The molecular formula is C17H29N. The van der Waals surface area contributed by atoms with Crippen LogP contribution in [0.3, 0.4) is 0 Å². The highest BCUT2D eigenvalue weighted by molar-refractivity contribution is 5.19. The quantitative estimate of drug-likeness (QED) is 0.686. The summed E-state index contributed by atoms with van der Waals surface area (Å²) in [5.74, 6) is 0.628. The zero-order chi connectivity index (χ0) is 13.4. The molecule has 0 fully saturated rings. The Kier molecular flexibility index (Phi) is 7.04. The van der Waals surface area contributed by atoms with Crippen molar-refractivity contribution in [1.82, 2.24) is 5.32 Å². The Balaban J connectivity index is 2.68. The van der Waals surface area contributed by atoms with E-state index in [-0.39, 0.29) is 0 Å². The van der Waals surface area contributed by atoms with Crippen molar-refractivity contribution in [2.75, 3.05) is 0 Å². The van der Waals surface area contributed by atoms with Gasteiger partial charge in [-0.05, 0) is 24.3 Å². The Morgan fingerprint density at radius 1 is 1.06 bits per heavy atom. The number of benzene rings is 1. The van der Waals surface area contributed by atoms with E-state index in [9.17, 15) is 0 Å². The third-order valence-electron chi connectivity index (χ3n) is 3.64. The molecule has 1 aromatic rings. The fourth-order valence-corrected chi connectivity index (χ4v) is 2.44. The first-order valence-electron chi connectivity index (χ1n) is 7.50. The topological polar surface area (TPSA) is 12.0 Å². The highest BCUT2D eigenvalue weighted by atomic mass is 15.0. The molecule has 0 aromatic heterocycles. The third-order valence-corrected chi connectivity index (χ3v) is 3.64. The van der Waals surface area contributed by atoms with Crippen LogP contribution in [0.1, 0.15) is 65.0 Å². The summed E-state index contributed by atoms with van der Waals surface area (Å²) in [5, 5.41) is 3.85. The summed E-state index contributed by atoms with van der Waals surface area (Å²) in [7, 11) is 0. The summed E-state index contributed by atoms with van der Waals surface area (Å²) in [6, 6.07) is 12.0. The second kappa shape index (κ2) is 8.31. The molecule has 102 valence electrons. The predicted octanol–water partition coefficient (Wildman–Crippen LogP) is 4.94. The van der Waals surface area contributed by atoms with E-state index < -0.39 is 0 Å². The maximum absolute atomic E-state index is 3.85. The molecule has 0 aliphatic rings. The van der Waals surface area contributed by atoms with E-state index >= 15 is 0 Å². The lowest BCUT2D eigenvalue weighted by Crippen LogP contribution is -2.35. The fourth-order valence-electron chi connectivity index (χ4n) is 2.44. The lowest BCUT2D eigenvalue weighted by atomic mass is 9.94. The first-order valence-corrected chi connectivity index (χ1v) is 7.50. The minimum absolute atomic E-state index is 0.480. The summed E-state index contributed by atoms with van der Waals surface area (Å²) in [4.78, 5) is 0. The second-order valence-corrected chi connectivity index (χ2v) is 5.55. The van der Waals surface area contributed by atoms with Crippen molar-refractivity contribution in [3.8, 4) is 0 Å². The molecule has 1 heteroatoms. The van der Waals surface area contributed by atoms with Crippen LogP contribution in [0.4, 0.5) is 0 Å². The van der Waals surface area contributed by atoms with Crippen LogP contribution in [0.2, 0.25) is 0 Å². The molecule has 1 nitrogen and oxygen atoms in total. The van der Waals surface area contributed by atoms with Gasteiger partial charge in [0.25, 0.3) is 0 Å². The number of unbranched alkanes of at least 4 members (excludes halogenated alkanes) is 1. The number of rotatable bonds is 8. The van der Waals surface area contributed by atoms with E-state index in [1.807, 2.05) is 0 Å². The van der Waals surface area contributed by atoms with Crippen LogP contribution < -0.4 is 5.32 Å². The lowest BCUT2D eigenvalue weighted by Gasteiger charge is -2.28. The highest BCUT2D eigenvalue weighted by Gasteiger charge is 2.18. The smallest absolute Gasteiger partial charge is 0.0345 e. The van der Waals surface area contributed by atoms with Crippen molar-refractivity contribution in [2.45, 2.75) is 65.5 Å². The monoisotopic (exact) mass is 247 g/mol. The number of hydrogen-bond donors (Lipinski definition) is 1. The van der Waals surface area contributed by atoms with E-state index in [4.69, 9.17) is 0 Å². The molecule has 1 rings (SSSR count). The Labute approximate surface area is 113 Å². The molecule has 0 bridgehead atoms. The van der Waals surface area contributed by atoms with Gasteiger partial charge in [0.2, 0.25) is 0 Å². The highest BCUT2D eigenvalue weighted by Crippen LogP contribution is 2.23. The third kappa shape index (κ3) is 4.81. The zero-order valence-corrected chi connectivity index (χ0v) is 12.4. The molecule has 1 N–H and O–H groups in total. The second-order valence-electron chi connectivity index (χ2n) is 5.55. The normalized spacial score (nSPS) is 14.7. The van der Waals surface area contributed by atoms with Gasteiger partial charge in [0.15, 0.2) is 0 Å². The Morgan fingerprint density at radius 2 is 1.72 bits per heavy atom. The Bertz CT molecular complexity index is 305. The molecule has 1 aromatic carbocycles. The Hall–Kier alpha value is -0.820. The first-order chi connectivity index (χ1) is 8.69. The fraction of sp³-hybridized carbons (Fsp3) is 0.647. The van der Waals surface area contributed by atoms with Gasteiger partial charge in [0.05, 0.1) is 0 Å². The molecular weight excluding hydrogens is 218 g/mol. The molecule has 2 unspecified atom stereocenters. The van der Waals surface area contributed by atoms with Crippen molar-refractivity contribution in [3.63, 3.8) is 0 Å². The van der Waals surface area contributed by atoms with E-state index in [1.54, 1.807) is 0 Å². The van der Waals surface area contributed by atoms with Gasteiger partial charge in [0.1, 0.15) is 0 Å². The molecule has 2 atom stereocenters. The summed E-state index contributed by atoms with van der Waals surface area (Å²) >= 11 is 0. The van der Waals surface area contributed by atoms with Crippen LogP contribution in [0.5, 0.6) is 0 Å². The molecule has 0 saturated carbocycles. The standard InChI is InChI=1S/C17H29N/c1-5-7-13-16(6-2)18-17(14(3)4)15-11-9-8-10-12-15/h8-12,14,16-18H,5-7,13H2,1-4H3. The average Bonchev–Trinajstić information content (AvgIpc) is 2.39. The summed E-state index contributed by atoms with van der Waals surface area (Å²) in [6.07, 6.45) is 5.13. The summed E-state index contributed by atoms with van der Waals surface area (Å²) in [5.41, 5.74) is 1.42. The van der Waals surface area contributed by atoms with E-state index in [1.165, 1.54) is 31.2 Å². The van der Waals surface area contributed by atoms with Gasteiger partial charge in [-0.1, -0.05) is 70.9 Å². The molecule has 18 heavy (non-hydrogen) atoms. The minimum atomic E-state index is 0.480. The van der Waals surface area contributed by atoms with Crippen molar-refractivity contribution >= 4 is 0 Å². The number of hydrogen-bond acceptors (Lipinski definition) is 1. The molecule has 0 amide bonds. The minimum Gasteiger partial charge on any atom is -0.307 e. The van der Waals surface area contributed by atoms with Crippen LogP contribution >= 0.6 is 0 Å². The van der Waals surface area contributed by atoms with Gasteiger partial charge in [-0.25, -0.2) is 0 Å². The van der Waals surface area contributed by atoms with Crippen LogP contribution in [0.25, 0.3) is 0 Å². The maximum atomic E-state index is 3.85. The van der Waals surface area contributed by atoms with Crippen LogP contribution in [0.15, 0.2) is 30.3 Å². The largest absolute Gasteiger partial charge is 0.307 e. The molecule has 0 spiro atoms. The molecule has 0 heterocycles. The predicted molar refractivity (Wildman–Crippen MR) is 80.8 cm³/mol. The van der Waals surface area contributed by atoms with Gasteiger partial charge in [0, 0.05) is 12.1 Å². The molecule has 0 aliphatic heterocycles. The SMILES string of the molecule is CCCCC(CC)NC(c1ccccc1)C(C)C. The van der Waals surface area contributed by atoms with Crippen LogP contribution in [-0.4, -0.2) is 6.04 Å².